The number of carbonyl (C=O) groups excluding carboxylic acids is 1. The van der Waals surface area contributed by atoms with Gasteiger partial charge >= 0.3 is 0 Å². The summed E-state index contributed by atoms with van der Waals surface area (Å²) in [4.78, 5) is 11.7. The molecule has 0 amide bonds. The fourth-order valence-corrected chi connectivity index (χ4v) is 2.20. The van der Waals surface area contributed by atoms with E-state index in [4.69, 9.17) is 21.1 Å². The largest absolute Gasteiger partial charge is 0.491 e. The number of hydrogen-bond donors (Lipinski definition) is 0. The summed E-state index contributed by atoms with van der Waals surface area (Å²) in [5.41, 5.74) is 1.96. The molecule has 3 nitrogen and oxygen atoms in total. The predicted octanol–water partition coefficient (Wildman–Crippen LogP) is 2.84. The van der Waals surface area contributed by atoms with Gasteiger partial charge in [0, 0.05) is 17.9 Å². The first-order chi connectivity index (χ1) is 8.81. The highest BCUT2D eigenvalue weighted by Crippen LogP contribution is 2.25. The SMILES string of the molecule is O=C1CCCc2cc(OCCOCCCl)ccc21. The van der Waals surface area contributed by atoms with Crippen LogP contribution in [-0.2, 0) is 11.2 Å². The molecular formula is C14H17ClO3. The highest BCUT2D eigenvalue weighted by atomic mass is 35.5. The molecule has 1 aliphatic carbocycles. The zero-order valence-electron chi connectivity index (χ0n) is 10.3. The second kappa shape index (κ2) is 6.76. The zero-order chi connectivity index (χ0) is 12.8. The van der Waals surface area contributed by atoms with Gasteiger partial charge in [-0.15, -0.1) is 11.6 Å². The van der Waals surface area contributed by atoms with E-state index in [0.717, 1.165) is 29.7 Å². The quantitative estimate of drug-likeness (QED) is 0.588. The van der Waals surface area contributed by atoms with Crippen LogP contribution in [0.2, 0.25) is 0 Å². The lowest BCUT2D eigenvalue weighted by Crippen LogP contribution is -2.12. The number of alkyl halides is 1. The molecule has 0 saturated heterocycles. The summed E-state index contributed by atoms with van der Waals surface area (Å²) in [5.74, 6) is 1.55. The van der Waals surface area contributed by atoms with Gasteiger partial charge in [-0.2, -0.15) is 0 Å². The van der Waals surface area contributed by atoms with Gasteiger partial charge in [0.2, 0.25) is 0 Å². The number of halogens is 1. The number of aryl methyl sites for hydroxylation is 1. The van der Waals surface area contributed by atoms with Crippen molar-refractivity contribution in [3.8, 4) is 5.75 Å². The van der Waals surface area contributed by atoms with E-state index >= 15 is 0 Å². The molecule has 0 radical (unpaired) electrons. The molecule has 0 unspecified atom stereocenters. The Labute approximate surface area is 112 Å². The molecule has 18 heavy (non-hydrogen) atoms. The Morgan fingerprint density at radius 3 is 2.89 bits per heavy atom. The molecule has 1 aromatic carbocycles. The van der Waals surface area contributed by atoms with Crippen LogP contribution in [0.1, 0.15) is 28.8 Å². The molecule has 0 aromatic heterocycles. The molecule has 0 spiro atoms. The zero-order valence-corrected chi connectivity index (χ0v) is 11.0. The van der Waals surface area contributed by atoms with Gasteiger partial charge in [0.1, 0.15) is 12.4 Å². The third-order valence-corrected chi connectivity index (χ3v) is 3.10. The lowest BCUT2D eigenvalue weighted by molar-refractivity contribution is 0.0972. The summed E-state index contributed by atoms with van der Waals surface area (Å²) in [6.07, 6.45) is 2.56. The summed E-state index contributed by atoms with van der Waals surface area (Å²) in [7, 11) is 0. The van der Waals surface area contributed by atoms with Crippen molar-refractivity contribution in [1.29, 1.82) is 0 Å². The fraction of sp³-hybridized carbons (Fsp3) is 0.500. The number of fused-ring (bicyclic) bond motifs is 1. The average molecular weight is 269 g/mol. The summed E-state index contributed by atoms with van der Waals surface area (Å²) >= 11 is 5.49. The third-order valence-electron chi connectivity index (χ3n) is 2.94. The molecule has 0 aliphatic heterocycles. The third kappa shape index (κ3) is 3.47. The topological polar surface area (TPSA) is 35.5 Å². The van der Waals surface area contributed by atoms with Crippen LogP contribution in [0.25, 0.3) is 0 Å². The highest BCUT2D eigenvalue weighted by molar-refractivity contribution is 6.17. The molecule has 1 aliphatic rings. The van der Waals surface area contributed by atoms with Crippen LogP contribution in [-0.4, -0.2) is 31.5 Å². The Morgan fingerprint density at radius 1 is 1.17 bits per heavy atom. The first-order valence-corrected chi connectivity index (χ1v) is 6.77. The summed E-state index contributed by atoms with van der Waals surface area (Å²) < 4.78 is 10.8. The smallest absolute Gasteiger partial charge is 0.163 e. The Bertz CT molecular complexity index is 418. The van der Waals surface area contributed by atoms with E-state index in [1.165, 1.54) is 0 Å². The van der Waals surface area contributed by atoms with E-state index in [9.17, 15) is 4.79 Å². The van der Waals surface area contributed by atoms with Crippen LogP contribution >= 0.6 is 11.6 Å². The second-order valence-corrected chi connectivity index (χ2v) is 4.62. The van der Waals surface area contributed by atoms with Gasteiger partial charge in [-0.1, -0.05) is 0 Å². The van der Waals surface area contributed by atoms with E-state index < -0.39 is 0 Å². The molecule has 0 heterocycles. The predicted molar refractivity (Wildman–Crippen MR) is 70.7 cm³/mol. The standard InChI is InChI=1S/C14H17ClO3/c15-6-7-17-8-9-18-12-4-5-13-11(10-12)2-1-3-14(13)16/h4-5,10H,1-3,6-9H2. The monoisotopic (exact) mass is 268 g/mol. The van der Waals surface area contributed by atoms with Gasteiger partial charge in [0.05, 0.1) is 13.2 Å². The van der Waals surface area contributed by atoms with Gasteiger partial charge in [-0.05, 0) is 36.6 Å². The molecular weight excluding hydrogens is 252 g/mol. The molecule has 0 N–H and O–H groups in total. The Hall–Kier alpha value is -1.06. The van der Waals surface area contributed by atoms with Gasteiger partial charge in [0.25, 0.3) is 0 Å². The fourth-order valence-electron chi connectivity index (χ4n) is 2.09. The maximum absolute atomic E-state index is 11.7. The lowest BCUT2D eigenvalue weighted by atomic mass is 9.91. The van der Waals surface area contributed by atoms with Crippen LogP contribution in [0.4, 0.5) is 0 Å². The van der Waals surface area contributed by atoms with Gasteiger partial charge in [0.15, 0.2) is 5.78 Å². The summed E-state index contributed by atoms with van der Waals surface area (Å²) in [5, 5.41) is 0. The van der Waals surface area contributed by atoms with Crippen molar-refractivity contribution in [3.63, 3.8) is 0 Å². The van der Waals surface area contributed by atoms with Gasteiger partial charge in [-0.3, -0.25) is 4.79 Å². The van der Waals surface area contributed by atoms with Crippen LogP contribution in [0, 0.1) is 0 Å². The van der Waals surface area contributed by atoms with E-state index in [1.807, 2.05) is 18.2 Å². The maximum atomic E-state index is 11.7. The Balaban J connectivity index is 1.88. The lowest BCUT2D eigenvalue weighted by Gasteiger charge is -2.16. The summed E-state index contributed by atoms with van der Waals surface area (Å²) in [6, 6.07) is 5.68. The minimum absolute atomic E-state index is 0.244. The van der Waals surface area contributed by atoms with Crippen molar-refractivity contribution < 1.29 is 14.3 Å². The highest BCUT2D eigenvalue weighted by Gasteiger charge is 2.17. The van der Waals surface area contributed by atoms with Crippen LogP contribution in [0.5, 0.6) is 5.75 Å². The number of ketones is 1. The van der Waals surface area contributed by atoms with Crippen molar-refractivity contribution >= 4 is 17.4 Å². The van der Waals surface area contributed by atoms with Crippen molar-refractivity contribution in [2.45, 2.75) is 19.3 Å². The first kappa shape index (κ1) is 13.4. The number of ether oxygens (including phenoxy) is 2. The second-order valence-electron chi connectivity index (χ2n) is 4.25. The van der Waals surface area contributed by atoms with Crippen LogP contribution < -0.4 is 4.74 Å². The Morgan fingerprint density at radius 2 is 2.06 bits per heavy atom. The van der Waals surface area contributed by atoms with Crippen LogP contribution in [0.15, 0.2) is 18.2 Å². The molecule has 98 valence electrons. The number of carbonyl (C=O) groups is 1. The number of hydrogen-bond acceptors (Lipinski definition) is 3. The van der Waals surface area contributed by atoms with E-state index in [-0.39, 0.29) is 5.78 Å². The molecule has 1 aromatic rings. The molecule has 0 saturated carbocycles. The molecule has 0 atom stereocenters. The average Bonchev–Trinajstić information content (AvgIpc) is 2.39. The van der Waals surface area contributed by atoms with E-state index in [0.29, 0.717) is 32.1 Å². The Kier molecular flexibility index (Phi) is 5.02. The van der Waals surface area contributed by atoms with Crippen molar-refractivity contribution in [1.82, 2.24) is 0 Å². The number of Topliss-reactive ketones (excluding diaryl/α,β-unsaturated/α-hetero) is 1. The summed E-state index contributed by atoms with van der Waals surface area (Å²) in [6.45, 7) is 1.58. The molecule has 2 rings (SSSR count). The van der Waals surface area contributed by atoms with Crippen molar-refractivity contribution in [2.75, 3.05) is 25.7 Å². The van der Waals surface area contributed by atoms with Gasteiger partial charge < -0.3 is 9.47 Å². The number of rotatable bonds is 6. The first-order valence-electron chi connectivity index (χ1n) is 6.24. The minimum atomic E-state index is 0.244. The van der Waals surface area contributed by atoms with Crippen LogP contribution in [0.3, 0.4) is 0 Å². The minimum Gasteiger partial charge on any atom is -0.491 e. The van der Waals surface area contributed by atoms with Crippen molar-refractivity contribution in [2.24, 2.45) is 0 Å². The maximum Gasteiger partial charge on any atom is 0.163 e. The van der Waals surface area contributed by atoms with E-state index in [1.54, 1.807) is 0 Å². The normalized spacial score (nSPS) is 14.4. The number of benzene rings is 1. The molecule has 0 bridgehead atoms. The molecule has 0 fully saturated rings. The van der Waals surface area contributed by atoms with E-state index in [2.05, 4.69) is 0 Å². The van der Waals surface area contributed by atoms with Crippen molar-refractivity contribution in [3.05, 3.63) is 29.3 Å². The van der Waals surface area contributed by atoms with Gasteiger partial charge in [-0.25, -0.2) is 0 Å². The molecule has 4 heteroatoms.